The van der Waals surface area contributed by atoms with Gasteiger partial charge in [0, 0.05) is 42.6 Å². The van der Waals surface area contributed by atoms with Gasteiger partial charge in [0.2, 0.25) is 11.7 Å². The average Bonchev–Trinajstić information content (AvgIpc) is 3.25. The van der Waals surface area contributed by atoms with Gasteiger partial charge in [-0.05, 0) is 54.0 Å². The summed E-state index contributed by atoms with van der Waals surface area (Å²) in [6.45, 7) is 5.77. The van der Waals surface area contributed by atoms with Crippen molar-refractivity contribution in [1.82, 2.24) is 19.9 Å². The molecule has 0 radical (unpaired) electrons. The van der Waals surface area contributed by atoms with Crippen LogP contribution in [0.4, 0.5) is 4.39 Å². The predicted molar refractivity (Wildman–Crippen MR) is 119 cm³/mol. The summed E-state index contributed by atoms with van der Waals surface area (Å²) in [7, 11) is 0. The summed E-state index contributed by atoms with van der Waals surface area (Å²) in [4.78, 5) is 21.3. The SMILES string of the molecule is Cc1ccc(-c2noc(CCCN3CCN(C(=O)c4cc(F)ccc4Br)CC3)n2)cc1. The fourth-order valence-corrected chi connectivity index (χ4v) is 4.05. The highest BCUT2D eigenvalue weighted by Gasteiger charge is 2.23. The van der Waals surface area contributed by atoms with Crippen molar-refractivity contribution in [2.24, 2.45) is 0 Å². The molecule has 1 fully saturated rings. The number of halogens is 2. The van der Waals surface area contributed by atoms with E-state index >= 15 is 0 Å². The molecule has 0 atom stereocenters. The van der Waals surface area contributed by atoms with Crippen LogP contribution >= 0.6 is 15.9 Å². The third kappa shape index (κ3) is 5.37. The fraction of sp³-hybridized carbons (Fsp3) is 0.348. The molecule has 1 aliphatic rings. The van der Waals surface area contributed by atoms with Crippen LogP contribution in [0.1, 0.15) is 28.2 Å². The number of carbonyl (C=O) groups is 1. The van der Waals surface area contributed by atoms with Gasteiger partial charge in [-0.2, -0.15) is 4.98 Å². The predicted octanol–water partition coefficient (Wildman–Crippen LogP) is 4.34. The first-order chi connectivity index (χ1) is 15.0. The molecular formula is C23H24BrFN4O2. The maximum absolute atomic E-state index is 13.5. The lowest BCUT2D eigenvalue weighted by Crippen LogP contribution is -2.49. The Bertz CT molecular complexity index is 1050. The second kappa shape index (κ2) is 9.70. The maximum Gasteiger partial charge on any atom is 0.255 e. The van der Waals surface area contributed by atoms with Gasteiger partial charge < -0.3 is 9.42 Å². The summed E-state index contributed by atoms with van der Waals surface area (Å²) in [5.41, 5.74) is 2.51. The number of nitrogens with zero attached hydrogens (tertiary/aromatic N) is 4. The number of amides is 1. The normalized spacial score (nSPS) is 14.7. The van der Waals surface area contributed by atoms with Crippen LogP contribution in [0.15, 0.2) is 51.5 Å². The van der Waals surface area contributed by atoms with Crippen molar-refractivity contribution < 1.29 is 13.7 Å². The molecule has 3 aromatic rings. The van der Waals surface area contributed by atoms with Crippen LogP contribution in [0, 0.1) is 12.7 Å². The largest absolute Gasteiger partial charge is 0.339 e. The molecule has 8 heteroatoms. The molecule has 0 saturated carbocycles. The fourth-order valence-electron chi connectivity index (χ4n) is 3.64. The van der Waals surface area contributed by atoms with Gasteiger partial charge in [0.05, 0.1) is 5.56 Å². The van der Waals surface area contributed by atoms with E-state index in [0.717, 1.165) is 31.6 Å². The van der Waals surface area contributed by atoms with Gasteiger partial charge in [0.1, 0.15) is 5.82 Å². The molecule has 0 bridgehead atoms. The van der Waals surface area contributed by atoms with Gasteiger partial charge in [0.15, 0.2) is 0 Å². The van der Waals surface area contributed by atoms with Crippen molar-refractivity contribution in [3.63, 3.8) is 0 Å². The van der Waals surface area contributed by atoms with E-state index in [2.05, 4.69) is 31.0 Å². The molecule has 2 heterocycles. The van der Waals surface area contributed by atoms with Crippen LogP contribution in [-0.2, 0) is 6.42 Å². The van der Waals surface area contributed by atoms with E-state index in [0.29, 0.717) is 41.3 Å². The van der Waals surface area contributed by atoms with Crippen molar-refractivity contribution in [2.75, 3.05) is 32.7 Å². The van der Waals surface area contributed by atoms with Crippen molar-refractivity contribution in [1.29, 1.82) is 0 Å². The smallest absolute Gasteiger partial charge is 0.255 e. The minimum atomic E-state index is -0.406. The monoisotopic (exact) mass is 486 g/mol. The van der Waals surface area contributed by atoms with Crippen molar-refractivity contribution in [3.05, 3.63) is 69.8 Å². The molecule has 0 spiro atoms. The van der Waals surface area contributed by atoms with Gasteiger partial charge in [0.25, 0.3) is 5.91 Å². The van der Waals surface area contributed by atoms with Gasteiger partial charge in [-0.25, -0.2) is 4.39 Å². The molecule has 1 saturated heterocycles. The highest BCUT2D eigenvalue weighted by Crippen LogP contribution is 2.21. The van der Waals surface area contributed by atoms with Crippen LogP contribution in [0.3, 0.4) is 0 Å². The second-order valence-corrected chi connectivity index (χ2v) is 8.59. The lowest BCUT2D eigenvalue weighted by atomic mass is 10.1. The first-order valence-electron chi connectivity index (χ1n) is 10.4. The molecule has 2 aromatic carbocycles. The number of hydrogen-bond donors (Lipinski definition) is 0. The molecule has 31 heavy (non-hydrogen) atoms. The molecule has 4 rings (SSSR count). The summed E-state index contributed by atoms with van der Waals surface area (Å²) in [6, 6.07) is 12.2. The number of rotatable bonds is 6. The molecule has 1 aliphatic heterocycles. The second-order valence-electron chi connectivity index (χ2n) is 7.74. The first-order valence-corrected chi connectivity index (χ1v) is 11.2. The first kappa shape index (κ1) is 21.6. The number of carbonyl (C=O) groups excluding carboxylic acids is 1. The third-order valence-electron chi connectivity index (χ3n) is 5.46. The topological polar surface area (TPSA) is 62.5 Å². The minimum Gasteiger partial charge on any atom is -0.339 e. The van der Waals surface area contributed by atoms with Crippen LogP contribution in [0.25, 0.3) is 11.4 Å². The highest BCUT2D eigenvalue weighted by molar-refractivity contribution is 9.10. The molecule has 162 valence electrons. The Labute approximate surface area is 189 Å². The lowest BCUT2D eigenvalue weighted by molar-refractivity contribution is 0.0634. The summed E-state index contributed by atoms with van der Waals surface area (Å²) in [6.07, 6.45) is 1.62. The molecule has 0 unspecified atom stereocenters. The van der Waals surface area contributed by atoms with Crippen LogP contribution in [0.5, 0.6) is 0 Å². The number of piperazine rings is 1. The maximum atomic E-state index is 13.5. The Morgan fingerprint density at radius 2 is 1.87 bits per heavy atom. The number of hydrogen-bond acceptors (Lipinski definition) is 5. The van der Waals surface area contributed by atoms with E-state index < -0.39 is 5.82 Å². The Balaban J connectivity index is 1.23. The van der Waals surface area contributed by atoms with Crippen molar-refractivity contribution >= 4 is 21.8 Å². The average molecular weight is 487 g/mol. The Morgan fingerprint density at radius 1 is 1.13 bits per heavy atom. The van der Waals surface area contributed by atoms with E-state index in [1.807, 2.05) is 31.2 Å². The molecule has 1 amide bonds. The molecular weight excluding hydrogens is 463 g/mol. The van der Waals surface area contributed by atoms with Gasteiger partial charge in [-0.1, -0.05) is 35.0 Å². The standard InChI is InChI=1S/C23H24BrFN4O2/c1-16-4-6-17(7-5-16)22-26-21(31-27-22)3-2-10-28-11-13-29(14-12-28)23(30)19-15-18(25)8-9-20(19)24/h4-9,15H,2-3,10-14H2,1H3. The van der Waals surface area contributed by atoms with E-state index in [-0.39, 0.29) is 5.91 Å². The molecule has 0 N–H and O–H groups in total. The Hall–Kier alpha value is -2.58. The van der Waals surface area contributed by atoms with Crippen LogP contribution in [0.2, 0.25) is 0 Å². The van der Waals surface area contributed by atoms with Crippen molar-refractivity contribution in [2.45, 2.75) is 19.8 Å². The van der Waals surface area contributed by atoms with E-state index in [9.17, 15) is 9.18 Å². The summed E-state index contributed by atoms with van der Waals surface area (Å²) >= 11 is 3.34. The zero-order valence-electron chi connectivity index (χ0n) is 17.4. The Kier molecular flexibility index (Phi) is 6.77. The molecule has 0 aliphatic carbocycles. The third-order valence-corrected chi connectivity index (χ3v) is 6.15. The van der Waals surface area contributed by atoms with Crippen LogP contribution in [-0.4, -0.2) is 58.6 Å². The number of aryl methyl sites for hydroxylation is 2. The highest BCUT2D eigenvalue weighted by atomic mass is 79.9. The van der Waals surface area contributed by atoms with Gasteiger partial charge in [-0.3, -0.25) is 9.69 Å². The summed E-state index contributed by atoms with van der Waals surface area (Å²) < 4.78 is 19.5. The van der Waals surface area contributed by atoms with E-state index in [1.54, 1.807) is 11.0 Å². The summed E-state index contributed by atoms with van der Waals surface area (Å²) in [5.74, 6) is 0.711. The zero-order chi connectivity index (χ0) is 21.8. The van der Waals surface area contributed by atoms with Crippen molar-refractivity contribution in [3.8, 4) is 11.4 Å². The number of aromatic nitrogens is 2. The number of benzene rings is 2. The van der Waals surface area contributed by atoms with E-state index in [1.165, 1.54) is 17.7 Å². The van der Waals surface area contributed by atoms with E-state index in [4.69, 9.17) is 4.52 Å². The summed E-state index contributed by atoms with van der Waals surface area (Å²) in [5, 5.41) is 4.08. The van der Waals surface area contributed by atoms with Crippen LogP contribution < -0.4 is 0 Å². The minimum absolute atomic E-state index is 0.138. The quantitative estimate of drug-likeness (QED) is 0.518. The van der Waals surface area contributed by atoms with Gasteiger partial charge in [-0.15, -0.1) is 0 Å². The van der Waals surface area contributed by atoms with Gasteiger partial charge >= 0.3 is 0 Å². The lowest BCUT2D eigenvalue weighted by Gasteiger charge is -2.34. The zero-order valence-corrected chi connectivity index (χ0v) is 18.9. The molecule has 6 nitrogen and oxygen atoms in total. The Morgan fingerprint density at radius 3 is 2.61 bits per heavy atom. The molecule has 1 aromatic heterocycles.